The summed E-state index contributed by atoms with van der Waals surface area (Å²) in [5.41, 5.74) is 4.22. The summed E-state index contributed by atoms with van der Waals surface area (Å²) in [4.78, 5) is 29.7. The number of rotatable bonds is 5. The van der Waals surface area contributed by atoms with Crippen LogP contribution in [0.25, 0.3) is 11.3 Å². The second-order valence-corrected chi connectivity index (χ2v) is 10.9. The van der Waals surface area contributed by atoms with Crippen molar-refractivity contribution in [2.75, 3.05) is 4.90 Å². The molecule has 194 valence electrons. The molecular formula is C31H38N4O2. The number of benzene rings is 2. The Morgan fingerprint density at radius 1 is 1.00 bits per heavy atom. The number of amides is 2. The molecule has 0 unspecified atom stereocenters. The largest absolute Gasteiger partial charge is 0.351 e. The number of fused-ring (bicyclic) bond motifs is 1. The topological polar surface area (TPSA) is 67.2 Å². The third-order valence-corrected chi connectivity index (χ3v) is 8.03. The first-order valence-electron chi connectivity index (χ1n) is 13.8. The summed E-state index contributed by atoms with van der Waals surface area (Å²) in [6.45, 7) is 6.33. The zero-order chi connectivity index (χ0) is 26.0. The molecule has 2 aromatic carbocycles. The van der Waals surface area contributed by atoms with E-state index in [0.717, 1.165) is 54.6 Å². The van der Waals surface area contributed by atoms with E-state index in [2.05, 4.69) is 36.5 Å². The van der Waals surface area contributed by atoms with Gasteiger partial charge in [0.05, 0.1) is 12.2 Å². The number of carbonyl (C=O) groups is 2. The number of aryl methyl sites for hydroxylation is 2. The number of nitrogens with zero attached hydrogens (tertiary/aromatic N) is 3. The molecule has 0 saturated heterocycles. The lowest BCUT2D eigenvalue weighted by Gasteiger charge is -2.43. The SMILES string of the molecule is CCc1ccc(-c2cc3n(n2)C[C@](C)(C(=O)NC2CCCCCCC2)N(c2ccc(C)cc2)C3=O)cc1. The molecule has 0 radical (unpaired) electrons. The minimum absolute atomic E-state index is 0.109. The lowest BCUT2D eigenvalue weighted by Crippen LogP contribution is -2.65. The lowest BCUT2D eigenvalue weighted by molar-refractivity contribution is -0.127. The van der Waals surface area contributed by atoms with Gasteiger partial charge in [-0.05, 0) is 56.9 Å². The van der Waals surface area contributed by atoms with Gasteiger partial charge in [0.2, 0.25) is 5.91 Å². The van der Waals surface area contributed by atoms with Crippen molar-refractivity contribution in [3.05, 3.63) is 71.4 Å². The molecule has 2 heterocycles. The second kappa shape index (κ2) is 10.5. The molecule has 3 aromatic rings. The summed E-state index contributed by atoms with van der Waals surface area (Å²) in [7, 11) is 0. The molecule has 0 bridgehead atoms. The van der Waals surface area contributed by atoms with Crippen LogP contribution >= 0.6 is 0 Å². The third kappa shape index (κ3) is 5.07. The number of nitrogens with one attached hydrogen (secondary N) is 1. The highest BCUT2D eigenvalue weighted by Gasteiger charge is 2.49. The van der Waals surface area contributed by atoms with Gasteiger partial charge in [-0.15, -0.1) is 0 Å². The Bertz CT molecular complexity index is 1250. The van der Waals surface area contributed by atoms with E-state index >= 15 is 0 Å². The average molecular weight is 499 g/mol. The summed E-state index contributed by atoms with van der Waals surface area (Å²) < 4.78 is 1.73. The van der Waals surface area contributed by atoms with Crippen molar-refractivity contribution in [1.29, 1.82) is 0 Å². The van der Waals surface area contributed by atoms with Gasteiger partial charge in [0.25, 0.3) is 5.91 Å². The summed E-state index contributed by atoms with van der Waals surface area (Å²) in [5.74, 6) is -0.309. The smallest absolute Gasteiger partial charge is 0.277 e. The van der Waals surface area contributed by atoms with Crippen LogP contribution in [0.3, 0.4) is 0 Å². The number of hydrogen-bond donors (Lipinski definition) is 1. The first-order chi connectivity index (χ1) is 17.9. The van der Waals surface area contributed by atoms with Crippen molar-refractivity contribution in [3.63, 3.8) is 0 Å². The zero-order valence-electron chi connectivity index (χ0n) is 22.3. The summed E-state index contributed by atoms with van der Waals surface area (Å²) >= 11 is 0. The van der Waals surface area contributed by atoms with Crippen LogP contribution in [0, 0.1) is 6.92 Å². The van der Waals surface area contributed by atoms with Gasteiger partial charge < -0.3 is 5.32 Å². The van der Waals surface area contributed by atoms with Crippen molar-refractivity contribution in [2.24, 2.45) is 0 Å². The molecule has 1 aliphatic heterocycles. The Morgan fingerprint density at radius 2 is 1.65 bits per heavy atom. The van der Waals surface area contributed by atoms with Gasteiger partial charge >= 0.3 is 0 Å². The Hall–Kier alpha value is -3.41. The van der Waals surface area contributed by atoms with Crippen LogP contribution in [0.1, 0.15) is 80.4 Å². The van der Waals surface area contributed by atoms with E-state index in [-0.39, 0.29) is 17.9 Å². The Labute approximate surface area is 220 Å². The molecule has 2 amide bonds. The fraction of sp³-hybridized carbons (Fsp3) is 0.452. The van der Waals surface area contributed by atoms with E-state index in [9.17, 15) is 9.59 Å². The van der Waals surface area contributed by atoms with Crippen LogP contribution in [-0.2, 0) is 17.8 Å². The van der Waals surface area contributed by atoms with Gasteiger partial charge in [-0.1, -0.05) is 81.0 Å². The highest BCUT2D eigenvalue weighted by atomic mass is 16.2. The summed E-state index contributed by atoms with van der Waals surface area (Å²) in [6, 6.07) is 18.1. The molecule has 1 N–H and O–H groups in total. The van der Waals surface area contributed by atoms with E-state index in [1.807, 2.05) is 44.2 Å². The minimum atomic E-state index is -1.10. The first-order valence-corrected chi connectivity index (χ1v) is 13.8. The normalized spacial score (nSPS) is 20.7. The van der Waals surface area contributed by atoms with Gasteiger partial charge in [0.1, 0.15) is 11.2 Å². The van der Waals surface area contributed by atoms with E-state index < -0.39 is 5.54 Å². The van der Waals surface area contributed by atoms with Gasteiger partial charge in [-0.25, -0.2) is 0 Å². The molecule has 6 nitrogen and oxygen atoms in total. The monoisotopic (exact) mass is 498 g/mol. The highest BCUT2D eigenvalue weighted by molar-refractivity contribution is 6.12. The highest BCUT2D eigenvalue weighted by Crippen LogP contribution is 2.35. The van der Waals surface area contributed by atoms with Crippen molar-refractivity contribution in [1.82, 2.24) is 15.1 Å². The molecule has 1 aliphatic carbocycles. The Kier molecular flexibility index (Phi) is 7.18. The van der Waals surface area contributed by atoms with E-state index in [0.29, 0.717) is 12.2 Å². The quantitative estimate of drug-likeness (QED) is 0.464. The molecule has 1 saturated carbocycles. The van der Waals surface area contributed by atoms with Gasteiger partial charge in [0.15, 0.2) is 0 Å². The number of hydrogen-bond acceptors (Lipinski definition) is 3. The molecule has 1 fully saturated rings. The van der Waals surface area contributed by atoms with Crippen LogP contribution in [0.15, 0.2) is 54.6 Å². The molecular weight excluding hydrogens is 460 g/mol. The second-order valence-electron chi connectivity index (χ2n) is 10.9. The average Bonchev–Trinajstić information content (AvgIpc) is 3.30. The van der Waals surface area contributed by atoms with Crippen molar-refractivity contribution in [3.8, 4) is 11.3 Å². The molecule has 37 heavy (non-hydrogen) atoms. The maximum absolute atomic E-state index is 14.0. The lowest BCUT2D eigenvalue weighted by atomic mass is 9.91. The number of aromatic nitrogens is 2. The predicted octanol–water partition coefficient (Wildman–Crippen LogP) is 6.07. The van der Waals surface area contributed by atoms with Crippen LogP contribution in [0.4, 0.5) is 5.69 Å². The van der Waals surface area contributed by atoms with Crippen LogP contribution < -0.4 is 10.2 Å². The van der Waals surface area contributed by atoms with Crippen LogP contribution in [0.2, 0.25) is 0 Å². The molecule has 0 spiro atoms. The van der Waals surface area contributed by atoms with Crippen molar-refractivity contribution >= 4 is 17.5 Å². The van der Waals surface area contributed by atoms with E-state index in [1.54, 1.807) is 9.58 Å². The Morgan fingerprint density at radius 3 is 2.30 bits per heavy atom. The first kappa shape index (κ1) is 25.2. The number of anilines is 1. The summed E-state index contributed by atoms with van der Waals surface area (Å²) in [5, 5.41) is 8.15. The molecule has 5 rings (SSSR count). The van der Waals surface area contributed by atoms with Gasteiger partial charge in [-0.3, -0.25) is 19.2 Å². The van der Waals surface area contributed by atoms with Gasteiger partial charge in [0, 0.05) is 17.3 Å². The standard InChI is InChI=1S/C31H38N4O2/c1-4-23-14-16-24(17-15-23)27-20-28-29(36)35(26-18-12-22(2)13-19-26)31(3,21-34(28)33-27)30(37)32-25-10-8-6-5-7-9-11-25/h12-20,25H,4-11,21H2,1-3H3,(H,32,37)/t31-/m1/s1. The van der Waals surface area contributed by atoms with Crippen molar-refractivity contribution < 1.29 is 9.59 Å². The van der Waals surface area contributed by atoms with E-state index in [1.165, 1.54) is 24.8 Å². The zero-order valence-corrected chi connectivity index (χ0v) is 22.3. The predicted molar refractivity (Wildman–Crippen MR) is 148 cm³/mol. The van der Waals surface area contributed by atoms with Crippen molar-refractivity contribution in [2.45, 2.75) is 90.3 Å². The van der Waals surface area contributed by atoms with E-state index in [4.69, 9.17) is 5.10 Å². The maximum atomic E-state index is 14.0. The van der Waals surface area contributed by atoms with Crippen LogP contribution in [-0.4, -0.2) is 33.2 Å². The Balaban J connectivity index is 1.51. The fourth-order valence-electron chi connectivity index (χ4n) is 5.67. The van der Waals surface area contributed by atoms with Crippen LogP contribution in [0.5, 0.6) is 0 Å². The molecule has 2 aliphatic rings. The number of carbonyl (C=O) groups excluding carboxylic acids is 2. The maximum Gasteiger partial charge on any atom is 0.277 e. The summed E-state index contributed by atoms with van der Waals surface area (Å²) in [6.07, 6.45) is 8.93. The molecule has 1 atom stereocenters. The molecule has 1 aromatic heterocycles. The van der Waals surface area contributed by atoms with Gasteiger partial charge in [-0.2, -0.15) is 5.10 Å². The fourth-order valence-corrected chi connectivity index (χ4v) is 5.67. The molecule has 6 heteroatoms. The minimum Gasteiger partial charge on any atom is -0.351 e. The third-order valence-electron chi connectivity index (χ3n) is 8.03.